The van der Waals surface area contributed by atoms with Gasteiger partial charge < -0.3 is 10.6 Å². The van der Waals surface area contributed by atoms with Crippen molar-refractivity contribution in [1.29, 1.82) is 0 Å². The molecule has 2 heterocycles. The zero-order valence-corrected chi connectivity index (χ0v) is 19.7. The average Bonchev–Trinajstić information content (AvgIpc) is 3.46. The van der Waals surface area contributed by atoms with E-state index >= 15 is 0 Å². The van der Waals surface area contributed by atoms with Crippen molar-refractivity contribution >= 4 is 35.0 Å². The van der Waals surface area contributed by atoms with E-state index < -0.39 is 0 Å². The second kappa shape index (κ2) is 9.80. The quantitative estimate of drug-likeness (QED) is 0.590. The Kier molecular flexibility index (Phi) is 6.63. The number of rotatable bonds is 5. The van der Waals surface area contributed by atoms with Gasteiger partial charge in [-0.25, -0.2) is 14.7 Å². The molecule has 4 amide bonds. The summed E-state index contributed by atoms with van der Waals surface area (Å²) in [7, 11) is 0. The Hall–Kier alpha value is -4.47. The van der Waals surface area contributed by atoms with Crippen molar-refractivity contribution in [2.45, 2.75) is 27.2 Å². The van der Waals surface area contributed by atoms with Crippen LogP contribution in [-0.4, -0.2) is 56.5 Å². The summed E-state index contributed by atoms with van der Waals surface area (Å²) in [6.45, 7) is 5.22. The van der Waals surface area contributed by atoms with Gasteiger partial charge in [0.1, 0.15) is 0 Å². The van der Waals surface area contributed by atoms with Crippen LogP contribution in [0, 0.1) is 6.92 Å². The third-order valence-electron chi connectivity index (χ3n) is 5.54. The van der Waals surface area contributed by atoms with Crippen LogP contribution in [0.5, 0.6) is 0 Å². The Morgan fingerprint density at radius 3 is 2.11 bits per heavy atom. The lowest BCUT2D eigenvalue weighted by atomic mass is 10.1. The highest BCUT2D eigenvalue weighted by atomic mass is 16.2. The number of anilines is 2. The molecule has 180 valence electrons. The lowest BCUT2D eigenvalue weighted by Crippen LogP contribution is -2.45. The summed E-state index contributed by atoms with van der Waals surface area (Å²) in [4.78, 5) is 50.0. The monoisotopic (exact) mass is 474 g/mol. The van der Waals surface area contributed by atoms with Gasteiger partial charge in [-0.2, -0.15) is 5.10 Å². The van der Waals surface area contributed by atoms with Gasteiger partial charge in [-0.15, -0.1) is 0 Å². The summed E-state index contributed by atoms with van der Waals surface area (Å²) >= 11 is 0. The molecule has 35 heavy (non-hydrogen) atoms. The Labute approximate surface area is 202 Å². The fraction of sp³-hybridized carbons (Fsp3) is 0.240. The van der Waals surface area contributed by atoms with E-state index in [0.717, 1.165) is 5.69 Å². The number of hydrogen-bond donors (Lipinski definition) is 2. The van der Waals surface area contributed by atoms with Gasteiger partial charge in [-0.1, -0.05) is 18.2 Å². The summed E-state index contributed by atoms with van der Waals surface area (Å²) < 4.78 is 1.64. The molecule has 10 nitrogen and oxygen atoms in total. The number of hydrogen-bond acceptors (Lipinski definition) is 5. The molecule has 1 aliphatic heterocycles. The van der Waals surface area contributed by atoms with Crippen molar-refractivity contribution in [2.75, 3.05) is 23.7 Å². The SMILES string of the molecule is CC(=O)Nc1ccc(C(=O)N2CCCN2C(=O)c2cn(-c3ccccc3)nc2C)cc1NC(C)=O. The fourth-order valence-electron chi connectivity index (χ4n) is 3.97. The number of amides is 4. The lowest BCUT2D eigenvalue weighted by molar-refractivity contribution is -0.115. The van der Waals surface area contributed by atoms with Crippen LogP contribution < -0.4 is 10.6 Å². The minimum atomic E-state index is -0.384. The zero-order valence-electron chi connectivity index (χ0n) is 19.7. The predicted octanol–water partition coefficient (Wildman–Crippen LogP) is 3.00. The minimum absolute atomic E-state index is 0.277. The third kappa shape index (κ3) is 5.06. The summed E-state index contributed by atoms with van der Waals surface area (Å²) in [5, 5.41) is 12.6. The van der Waals surface area contributed by atoms with Crippen molar-refractivity contribution < 1.29 is 19.2 Å². The van der Waals surface area contributed by atoms with E-state index in [-0.39, 0.29) is 29.2 Å². The van der Waals surface area contributed by atoms with Gasteiger partial charge in [0.2, 0.25) is 11.8 Å². The second-order valence-electron chi connectivity index (χ2n) is 8.24. The molecule has 0 saturated carbocycles. The van der Waals surface area contributed by atoms with Crippen LogP contribution in [0.15, 0.2) is 54.7 Å². The maximum Gasteiger partial charge on any atom is 0.275 e. The predicted molar refractivity (Wildman–Crippen MR) is 130 cm³/mol. The molecule has 0 spiro atoms. The molecule has 10 heteroatoms. The molecule has 1 aromatic heterocycles. The molecule has 0 atom stereocenters. The van der Waals surface area contributed by atoms with Crippen LogP contribution in [0.4, 0.5) is 11.4 Å². The normalized spacial score (nSPS) is 13.0. The molecule has 0 radical (unpaired) electrons. The number of hydrazine groups is 1. The smallest absolute Gasteiger partial charge is 0.275 e. The van der Waals surface area contributed by atoms with Crippen LogP contribution in [0.3, 0.4) is 0 Å². The summed E-state index contributed by atoms with van der Waals surface area (Å²) in [6, 6.07) is 14.1. The van der Waals surface area contributed by atoms with E-state index in [0.29, 0.717) is 42.1 Å². The van der Waals surface area contributed by atoms with Gasteiger partial charge in [-0.3, -0.25) is 19.2 Å². The first-order valence-corrected chi connectivity index (χ1v) is 11.2. The number of nitrogens with one attached hydrogen (secondary N) is 2. The van der Waals surface area contributed by atoms with Crippen molar-refractivity contribution in [3.63, 3.8) is 0 Å². The average molecular weight is 475 g/mol. The maximum atomic E-state index is 13.4. The Morgan fingerprint density at radius 2 is 1.46 bits per heavy atom. The highest BCUT2D eigenvalue weighted by Gasteiger charge is 2.33. The fourth-order valence-corrected chi connectivity index (χ4v) is 3.97. The number of para-hydroxylation sites is 1. The third-order valence-corrected chi connectivity index (χ3v) is 5.54. The van der Waals surface area contributed by atoms with Crippen molar-refractivity contribution in [2.24, 2.45) is 0 Å². The van der Waals surface area contributed by atoms with Crippen LogP contribution in [0.25, 0.3) is 5.69 Å². The van der Waals surface area contributed by atoms with E-state index in [1.54, 1.807) is 29.9 Å². The first-order valence-electron chi connectivity index (χ1n) is 11.2. The number of carbonyl (C=O) groups is 4. The Bertz CT molecular complexity index is 1300. The van der Waals surface area contributed by atoms with Crippen LogP contribution in [0.1, 0.15) is 46.7 Å². The zero-order chi connectivity index (χ0) is 25.1. The molecule has 1 saturated heterocycles. The van der Waals surface area contributed by atoms with E-state index in [2.05, 4.69) is 15.7 Å². The van der Waals surface area contributed by atoms with E-state index in [1.165, 1.54) is 29.9 Å². The van der Waals surface area contributed by atoms with Crippen LogP contribution in [-0.2, 0) is 9.59 Å². The van der Waals surface area contributed by atoms with Gasteiger partial charge >= 0.3 is 0 Å². The van der Waals surface area contributed by atoms with Crippen LogP contribution >= 0.6 is 0 Å². The molecule has 2 aromatic carbocycles. The molecule has 0 bridgehead atoms. The summed E-state index contributed by atoms with van der Waals surface area (Å²) in [5.74, 6) is -1.35. The number of aryl methyl sites for hydroxylation is 1. The number of nitrogens with zero attached hydrogens (tertiary/aromatic N) is 4. The molecule has 3 aromatic rings. The number of carbonyl (C=O) groups excluding carboxylic acids is 4. The number of benzene rings is 2. The first kappa shape index (κ1) is 23.7. The Balaban J connectivity index is 1.60. The van der Waals surface area contributed by atoms with Crippen molar-refractivity contribution in [1.82, 2.24) is 19.8 Å². The molecule has 2 N–H and O–H groups in total. The highest BCUT2D eigenvalue weighted by Crippen LogP contribution is 2.26. The van der Waals surface area contributed by atoms with E-state index in [4.69, 9.17) is 0 Å². The minimum Gasteiger partial charge on any atom is -0.325 e. The van der Waals surface area contributed by atoms with Crippen molar-refractivity contribution in [3.8, 4) is 5.69 Å². The van der Waals surface area contributed by atoms with Crippen molar-refractivity contribution in [3.05, 3.63) is 71.5 Å². The summed E-state index contributed by atoms with van der Waals surface area (Å²) in [5.41, 5.74) is 2.76. The molecular weight excluding hydrogens is 448 g/mol. The molecule has 4 rings (SSSR count). The van der Waals surface area contributed by atoms with Gasteiger partial charge in [0.15, 0.2) is 0 Å². The highest BCUT2D eigenvalue weighted by molar-refractivity contribution is 6.03. The van der Waals surface area contributed by atoms with Gasteiger partial charge in [0, 0.05) is 38.7 Å². The molecule has 0 unspecified atom stereocenters. The topological polar surface area (TPSA) is 117 Å². The first-order chi connectivity index (χ1) is 16.7. The number of aromatic nitrogens is 2. The molecule has 1 aliphatic rings. The molecule has 0 aliphatic carbocycles. The van der Waals surface area contributed by atoms with E-state index in [1.807, 2.05) is 30.3 Å². The Morgan fingerprint density at radius 1 is 0.829 bits per heavy atom. The lowest BCUT2D eigenvalue weighted by Gasteiger charge is -2.28. The van der Waals surface area contributed by atoms with Gasteiger partial charge in [0.25, 0.3) is 11.8 Å². The standard InChI is InChI=1S/C25H26N6O4/c1-16-21(15-29(28-16)20-8-5-4-6-9-20)25(35)31-13-7-12-30(31)24(34)19-10-11-22(26-17(2)32)23(14-19)27-18(3)33/h4-6,8-11,14-15H,7,12-13H2,1-3H3,(H,26,32)(H,27,33). The van der Waals surface area contributed by atoms with Crippen LogP contribution in [0.2, 0.25) is 0 Å². The van der Waals surface area contributed by atoms with E-state index in [9.17, 15) is 19.2 Å². The maximum absolute atomic E-state index is 13.4. The summed E-state index contributed by atoms with van der Waals surface area (Å²) in [6.07, 6.45) is 2.30. The molecule has 1 fully saturated rings. The van der Waals surface area contributed by atoms with Gasteiger partial charge in [0.05, 0.1) is 28.3 Å². The molecular formula is C25H26N6O4. The van der Waals surface area contributed by atoms with Gasteiger partial charge in [-0.05, 0) is 43.7 Å². The largest absolute Gasteiger partial charge is 0.325 e. The second-order valence-corrected chi connectivity index (χ2v) is 8.24.